The normalized spacial score (nSPS) is 10.3. The van der Waals surface area contributed by atoms with Crippen molar-refractivity contribution < 1.29 is 14.3 Å². The van der Waals surface area contributed by atoms with Crippen LogP contribution < -0.4 is 5.32 Å². The minimum atomic E-state index is -0.458. The Bertz CT molecular complexity index is 919. The zero-order valence-electron chi connectivity index (χ0n) is 13.8. The molecule has 0 radical (unpaired) electrons. The van der Waals surface area contributed by atoms with Crippen LogP contribution in [0.5, 0.6) is 0 Å². The van der Waals surface area contributed by atoms with E-state index < -0.39 is 5.97 Å². The Balaban J connectivity index is 1.89. The molecule has 3 aromatic rings. The van der Waals surface area contributed by atoms with Gasteiger partial charge in [-0.25, -0.2) is 9.78 Å². The molecule has 3 rings (SSSR count). The minimum Gasteiger partial charge on any atom is -0.465 e. The summed E-state index contributed by atoms with van der Waals surface area (Å²) in [5.74, 6) is -0.732. The van der Waals surface area contributed by atoms with Crippen LogP contribution in [0.3, 0.4) is 0 Å². The summed E-state index contributed by atoms with van der Waals surface area (Å²) in [5, 5.41) is 3.14. The maximum atomic E-state index is 12.7. The van der Waals surface area contributed by atoms with Gasteiger partial charge in [0.05, 0.1) is 12.8 Å². The van der Waals surface area contributed by atoms with Gasteiger partial charge in [-0.3, -0.25) is 10.1 Å². The molecule has 0 spiro atoms. The smallest absolute Gasteiger partial charge is 0.350 e. The fourth-order valence-electron chi connectivity index (χ4n) is 2.45. The van der Waals surface area contributed by atoms with Gasteiger partial charge in [-0.1, -0.05) is 59.9 Å². The summed E-state index contributed by atoms with van der Waals surface area (Å²) >= 11 is 1.10. The maximum absolute atomic E-state index is 12.7. The van der Waals surface area contributed by atoms with Gasteiger partial charge in [0, 0.05) is 5.56 Å². The van der Waals surface area contributed by atoms with Crippen LogP contribution in [0.4, 0.5) is 5.13 Å². The third-order valence-electron chi connectivity index (χ3n) is 3.64. The van der Waals surface area contributed by atoms with Gasteiger partial charge in [-0.2, -0.15) is 0 Å². The molecule has 2 aromatic carbocycles. The second kappa shape index (κ2) is 7.27. The monoisotopic (exact) mass is 352 g/mol. The molecule has 0 saturated heterocycles. The summed E-state index contributed by atoms with van der Waals surface area (Å²) in [5.41, 5.74) is 2.87. The third-order valence-corrected chi connectivity index (χ3v) is 4.70. The number of aromatic nitrogens is 1. The highest BCUT2D eigenvalue weighted by atomic mass is 32.1. The molecular weight excluding hydrogens is 336 g/mol. The van der Waals surface area contributed by atoms with E-state index in [1.165, 1.54) is 7.11 Å². The van der Waals surface area contributed by atoms with E-state index in [1.807, 2.05) is 48.5 Å². The molecule has 0 saturated carbocycles. The van der Waals surface area contributed by atoms with Gasteiger partial charge in [0.2, 0.25) is 0 Å². The van der Waals surface area contributed by atoms with Crippen LogP contribution in [0.2, 0.25) is 0 Å². The largest absolute Gasteiger partial charge is 0.465 e. The van der Waals surface area contributed by atoms with Crippen molar-refractivity contribution >= 4 is 28.3 Å². The number of benzene rings is 2. The molecule has 0 aliphatic carbocycles. The van der Waals surface area contributed by atoms with Crippen LogP contribution in [0.25, 0.3) is 11.1 Å². The van der Waals surface area contributed by atoms with E-state index in [0.29, 0.717) is 21.3 Å². The van der Waals surface area contributed by atoms with E-state index >= 15 is 0 Å². The molecule has 126 valence electrons. The van der Waals surface area contributed by atoms with Gasteiger partial charge in [-0.15, -0.1) is 0 Å². The average Bonchev–Trinajstić information content (AvgIpc) is 3.02. The average molecular weight is 352 g/mol. The zero-order valence-corrected chi connectivity index (χ0v) is 14.6. The van der Waals surface area contributed by atoms with Crippen molar-refractivity contribution in [2.45, 2.75) is 6.92 Å². The third kappa shape index (κ3) is 3.59. The van der Waals surface area contributed by atoms with Gasteiger partial charge in [0.15, 0.2) is 5.13 Å². The molecule has 5 nitrogen and oxygen atoms in total. The first-order valence-corrected chi connectivity index (χ1v) is 8.43. The van der Waals surface area contributed by atoms with Crippen LogP contribution in [-0.2, 0) is 4.74 Å². The van der Waals surface area contributed by atoms with Crippen molar-refractivity contribution in [1.29, 1.82) is 0 Å². The van der Waals surface area contributed by atoms with Crippen LogP contribution in [0, 0.1) is 6.92 Å². The molecule has 1 aromatic heterocycles. The fraction of sp³-hybridized carbons (Fsp3) is 0.105. The second-order valence-electron chi connectivity index (χ2n) is 5.29. The number of amides is 1. The van der Waals surface area contributed by atoms with E-state index in [-0.39, 0.29) is 5.91 Å². The molecule has 0 aliphatic rings. The van der Waals surface area contributed by atoms with E-state index in [1.54, 1.807) is 13.0 Å². The number of esters is 1. The summed E-state index contributed by atoms with van der Waals surface area (Å²) < 4.78 is 4.72. The Morgan fingerprint density at radius 2 is 1.72 bits per heavy atom. The summed E-state index contributed by atoms with van der Waals surface area (Å²) in [6, 6.07) is 17.1. The lowest BCUT2D eigenvalue weighted by Gasteiger charge is -2.09. The summed E-state index contributed by atoms with van der Waals surface area (Å²) in [6.07, 6.45) is 0. The number of carbonyl (C=O) groups excluding carboxylic acids is 2. The highest BCUT2D eigenvalue weighted by Crippen LogP contribution is 2.27. The number of hydrogen-bond donors (Lipinski definition) is 1. The van der Waals surface area contributed by atoms with Crippen LogP contribution >= 0.6 is 11.3 Å². The molecule has 0 bridgehead atoms. The minimum absolute atomic E-state index is 0.274. The molecule has 1 amide bonds. The van der Waals surface area contributed by atoms with Gasteiger partial charge in [0.25, 0.3) is 5.91 Å². The molecule has 0 aliphatic heterocycles. The van der Waals surface area contributed by atoms with Crippen molar-refractivity contribution in [1.82, 2.24) is 4.98 Å². The molecular formula is C19H16N2O3S. The number of methoxy groups -OCH3 is 1. The topological polar surface area (TPSA) is 68.3 Å². The summed E-state index contributed by atoms with van der Waals surface area (Å²) in [4.78, 5) is 29.0. The molecule has 0 unspecified atom stereocenters. The van der Waals surface area contributed by atoms with Crippen molar-refractivity contribution in [2.24, 2.45) is 0 Å². The molecule has 6 heteroatoms. The Kier molecular flexibility index (Phi) is 4.90. The highest BCUT2D eigenvalue weighted by Gasteiger charge is 2.18. The number of ether oxygens (including phenoxy) is 1. The van der Waals surface area contributed by atoms with E-state index in [4.69, 9.17) is 4.74 Å². The summed E-state index contributed by atoms with van der Waals surface area (Å²) in [7, 11) is 1.32. The molecule has 1 heterocycles. The van der Waals surface area contributed by atoms with Gasteiger partial charge in [0.1, 0.15) is 4.88 Å². The predicted molar refractivity (Wildman–Crippen MR) is 98.0 cm³/mol. The number of nitrogens with one attached hydrogen (secondary N) is 1. The van der Waals surface area contributed by atoms with Crippen molar-refractivity contribution in [3.05, 3.63) is 70.7 Å². The highest BCUT2D eigenvalue weighted by molar-refractivity contribution is 7.17. The Labute approximate surface area is 149 Å². The maximum Gasteiger partial charge on any atom is 0.350 e. The first kappa shape index (κ1) is 16.9. The number of hydrogen-bond acceptors (Lipinski definition) is 5. The predicted octanol–water partition coefficient (Wildman–Crippen LogP) is 4.16. The molecule has 0 atom stereocenters. The van der Waals surface area contributed by atoms with E-state index in [9.17, 15) is 9.59 Å². The Hall–Kier alpha value is -2.99. The van der Waals surface area contributed by atoms with E-state index in [2.05, 4.69) is 10.3 Å². The SMILES string of the molecule is COC(=O)c1sc(NC(=O)c2ccccc2-c2ccccc2)nc1C. The number of aryl methyl sites for hydroxylation is 1. The van der Waals surface area contributed by atoms with Crippen molar-refractivity contribution in [3.8, 4) is 11.1 Å². The van der Waals surface area contributed by atoms with Crippen LogP contribution in [0.1, 0.15) is 25.7 Å². The lowest BCUT2D eigenvalue weighted by Crippen LogP contribution is -2.13. The van der Waals surface area contributed by atoms with Gasteiger partial charge < -0.3 is 4.74 Å². The molecule has 25 heavy (non-hydrogen) atoms. The Morgan fingerprint density at radius 3 is 2.44 bits per heavy atom. The van der Waals surface area contributed by atoms with E-state index in [0.717, 1.165) is 22.5 Å². The Morgan fingerprint density at radius 1 is 1.04 bits per heavy atom. The number of thiazole rings is 1. The first-order chi connectivity index (χ1) is 12.1. The number of anilines is 1. The molecule has 1 N–H and O–H groups in total. The van der Waals surface area contributed by atoms with Crippen LogP contribution in [-0.4, -0.2) is 24.0 Å². The standard InChI is InChI=1S/C19H16N2O3S/c1-12-16(18(23)24-2)25-19(20-12)21-17(22)15-11-7-6-10-14(15)13-8-4-3-5-9-13/h3-11H,1-2H3,(H,20,21,22). The fourth-order valence-corrected chi connectivity index (χ4v) is 3.33. The summed E-state index contributed by atoms with van der Waals surface area (Å²) in [6.45, 7) is 1.70. The van der Waals surface area contributed by atoms with Gasteiger partial charge in [-0.05, 0) is 24.1 Å². The quantitative estimate of drug-likeness (QED) is 0.716. The number of carbonyl (C=O) groups is 2. The number of nitrogens with zero attached hydrogens (tertiary/aromatic N) is 1. The lowest BCUT2D eigenvalue weighted by molar-refractivity contribution is 0.0605. The van der Waals surface area contributed by atoms with Crippen LogP contribution in [0.15, 0.2) is 54.6 Å². The van der Waals surface area contributed by atoms with Gasteiger partial charge >= 0.3 is 5.97 Å². The van der Waals surface area contributed by atoms with Crippen molar-refractivity contribution in [2.75, 3.05) is 12.4 Å². The first-order valence-electron chi connectivity index (χ1n) is 7.61. The van der Waals surface area contributed by atoms with Crippen molar-refractivity contribution in [3.63, 3.8) is 0 Å². The zero-order chi connectivity index (χ0) is 17.8. The lowest BCUT2D eigenvalue weighted by atomic mass is 9.99. The number of rotatable bonds is 4. The molecule has 0 fully saturated rings. The second-order valence-corrected chi connectivity index (χ2v) is 6.29.